The van der Waals surface area contributed by atoms with Crippen molar-refractivity contribution in [3.63, 3.8) is 0 Å². The topological polar surface area (TPSA) is 84.2 Å². The quantitative estimate of drug-likeness (QED) is 0.587. The van der Waals surface area contributed by atoms with Gasteiger partial charge in [-0.25, -0.2) is 9.97 Å². The van der Waals surface area contributed by atoms with E-state index in [1.807, 2.05) is 43.5 Å². The van der Waals surface area contributed by atoms with E-state index in [-0.39, 0.29) is 6.04 Å². The molecule has 1 saturated heterocycles. The number of aromatic nitrogens is 3. The van der Waals surface area contributed by atoms with E-state index in [0.29, 0.717) is 12.6 Å². The van der Waals surface area contributed by atoms with Crippen molar-refractivity contribution >= 4 is 28.5 Å². The Bertz CT molecular complexity index is 1000. The van der Waals surface area contributed by atoms with E-state index in [9.17, 15) is 5.11 Å². The number of benzene rings is 1. The Hall–Kier alpha value is -2.64. The molecule has 158 valence electrons. The molecule has 5 rings (SSSR count). The van der Waals surface area contributed by atoms with Gasteiger partial charge in [0.1, 0.15) is 11.3 Å². The summed E-state index contributed by atoms with van der Waals surface area (Å²) < 4.78 is 7.93. The van der Waals surface area contributed by atoms with Gasteiger partial charge in [0.2, 0.25) is 5.95 Å². The van der Waals surface area contributed by atoms with Crippen LogP contribution in [0, 0.1) is 0 Å². The summed E-state index contributed by atoms with van der Waals surface area (Å²) in [6.45, 7) is 3.39. The zero-order valence-electron chi connectivity index (χ0n) is 17.3. The van der Waals surface area contributed by atoms with Crippen molar-refractivity contribution in [1.82, 2.24) is 14.5 Å². The molecule has 1 aliphatic carbocycles. The molecule has 0 unspecified atom stereocenters. The average molecular weight is 408 g/mol. The Balaban J connectivity index is 1.45. The Morgan fingerprint density at radius 2 is 1.97 bits per heavy atom. The van der Waals surface area contributed by atoms with E-state index in [1.54, 1.807) is 0 Å². The maximum absolute atomic E-state index is 10.2. The van der Waals surface area contributed by atoms with Crippen molar-refractivity contribution in [2.45, 2.75) is 56.7 Å². The monoisotopic (exact) mass is 407 g/mol. The van der Waals surface area contributed by atoms with E-state index >= 15 is 0 Å². The molecule has 2 fully saturated rings. The van der Waals surface area contributed by atoms with Crippen LogP contribution in [0.15, 0.2) is 42.6 Å². The summed E-state index contributed by atoms with van der Waals surface area (Å²) in [6.07, 6.45) is 6.34. The fraction of sp³-hybridized carbons (Fsp3) is 0.478. The highest BCUT2D eigenvalue weighted by Crippen LogP contribution is 2.33. The second-order valence-corrected chi connectivity index (χ2v) is 8.79. The fourth-order valence-corrected chi connectivity index (χ4v) is 4.50. The number of pyridine rings is 1. The summed E-state index contributed by atoms with van der Waals surface area (Å²) in [6, 6.07) is 12.8. The Morgan fingerprint density at radius 1 is 1.17 bits per heavy atom. The summed E-state index contributed by atoms with van der Waals surface area (Å²) in [7, 11) is 0. The summed E-state index contributed by atoms with van der Waals surface area (Å²) in [5.41, 5.74) is 2.41. The van der Waals surface area contributed by atoms with E-state index in [2.05, 4.69) is 26.3 Å². The van der Waals surface area contributed by atoms with Crippen LogP contribution in [0.2, 0.25) is 0 Å². The predicted molar refractivity (Wildman–Crippen MR) is 118 cm³/mol. The molecule has 7 heteroatoms. The number of imidazole rings is 1. The number of nitrogens with zero attached hydrogens (tertiary/aromatic N) is 3. The highest BCUT2D eigenvalue weighted by molar-refractivity contribution is 5.81. The molecule has 1 aromatic carbocycles. The molecule has 1 atom stereocenters. The highest BCUT2D eigenvalue weighted by Gasteiger charge is 2.29. The predicted octanol–water partition coefficient (Wildman–Crippen LogP) is 4.24. The number of ether oxygens (including phenoxy) is 1. The summed E-state index contributed by atoms with van der Waals surface area (Å²) >= 11 is 0. The van der Waals surface area contributed by atoms with Crippen molar-refractivity contribution in [3.8, 4) is 0 Å². The molecule has 0 amide bonds. The van der Waals surface area contributed by atoms with Gasteiger partial charge in [-0.15, -0.1) is 0 Å². The van der Waals surface area contributed by atoms with Crippen LogP contribution in [0.4, 0.5) is 17.5 Å². The lowest BCUT2D eigenvalue weighted by atomic mass is 9.84. The Kier molecular flexibility index (Phi) is 5.08. The van der Waals surface area contributed by atoms with Crippen LogP contribution in [0.1, 0.15) is 45.1 Å². The standard InChI is InChI=1S/C23H29N5O2/c1-23(29)10-7-17(8-11-23)25-21-13-20-19(14-24-21)27-22(26-16-5-3-2-4-6-16)28(20)18-9-12-30-15-18/h2-6,13-14,17-18,29H,7-12,15H2,1H3,(H,24,25)(H,26,27)/t17?,18-,23?/m0/s1. The third kappa shape index (κ3) is 4.00. The molecule has 0 radical (unpaired) electrons. The SMILES string of the molecule is CC1(O)CCC(Nc2cc3c(cn2)nc(Nc2ccccc2)n3[C@H]2CCOC2)CC1. The van der Waals surface area contributed by atoms with Crippen molar-refractivity contribution in [2.75, 3.05) is 23.8 Å². The van der Waals surface area contributed by atoms with Gasteiger partial charge in [0.25, 0.3) is 0 Å². The number of hydrogen-bond donors (Lipinski definition) is 3. The molecule has 2 aromatic heterocycles. The lowest BCUT2D eigenvalue weighted by Crippen LogP contribution is -2.35. The van der Waals surface area contributed by atoms with Crippen LogP contribution in [0.3, 0.4) is 0 Å². The Morgan fingerprint density at radius 3 is 2.70 bits per heavy atom. The fourth-order valence-electron chi connectivity index (χ4n) is 4.50. The molecular weight excluding hydrogens is 378 g/mol. The first kappa shape index (κ1) is 19.3. The first-order chi connectivity index (χ1) is 14.6. The van der Waals surface area contributed by atoms with Gasteiger partial charge in [-0.2, -0.15) is 0 Å². The zero-order chi connectivity index (χ0) is 20.6. The van der Waals surface area contributed by atoms with Gasteiger partial charge in [-0.1, -0.05) is 18.2 Å². The lowest BCUT2D eigenvalue weighted by molar-refractivity contribution is 0.0196. The maximum Gasteiger partial charge on any atom is 0.208 e. The van der Waals surface area contributed by atoms with Crippen molar-refractivity contribution in [2.24, 2.45) is 0 Å². The molecule has 1 aliphatic heterocycles. The summed E-state index contributed by atoms with van der Waals surface area (Å²) in [4.78, 5) is 9.45. The van der Waals surface area contributed by atoms with Crippen LogP contribution in [-0.4, -0.2) is 44.5 Å². The second-order valence-electron chi connectivity index (χ2n) is 8.79. The smallest absolute Gasteiger partial charge is 0.208 e. The van der Waals surface area contributed by atoms with Crippen LogP contribution < -0.4 is 10.6 Å². The number of hydrogen-bond acceptors (Lipinski definition) is 6. The van der Waals surface area contributed by atoms with E-state index in [4.69, 9.17) is 9.72 Å². The molecule has 2 aliphatic rings. The van der Waals surface area contributed by atoms with E-state index < -0.39 is 5.60 Å². The minimum absolute atomic E-state index is 0.251. The molecule has 3 aromatic rings. The first-order valence-corrected chi connectivity index (χ1v) is 10.8. The van der Waals surface area contributed by atoms with E-state index in [0.717, 1.165) is 67.2 Å². The van der Waals surface area contributed by atoms with Crippen molar-refractivity contribution in [1.29, 1.82) is 0 Å². The van der Waals surface area contributed by atoms with Gasteiger partial charge in [0, 0.05) is 24.4 Å². The van der Waals surface area contributed by atoms with Gasteiger partial charge in [0.15, 0.2) is 0 Å². The van der Waals surface area contributed by atoms with Gasteiger partial charge in [-0.3, -0.25) is 0 Å². The normalized spacial score (nSPS) is 26.7. The van der Waals surface area contributed by atoms with E-state index in [1.165, 1.54) is 0 Å². The lowest BCUT2D eigenvalue weighted by Gasteiger charge is -2.33. The van der Waals surface area contributed by atoms with Gasteiger partial charge < -0.3 is 25.0 Å². The van der Waals surface area contributed by atoms with Crippen molar-refractivity contribution < 1.29 is 9.84 Å². The van der Waals surface area contributed by atoms with Crippen LogP contribution in [0.25, 0.3) is 11.0 Å². The molecule has 0 spiro atoms. The number of anilines is 3. The first-order valence-electron chi connectivity index (χ1n) is 10.8. The largest absolute Gasteiger partial charge is 0.390 e. The summed E-state index contributed by atoms with van der Waals surface area (Å²) in [5, 5.41) is 17.2. The number of rotatable bonds is 5. The summed E-state index contributed by atoms with van der Waals surface area (Å²) in [5.74, 6) is 1.68. The number of fused-ring (bicyclic) bond motifs is 1. The molecular formula is C23H29N5O2. The third-order valence-electron chi connectivity index (χ3n) is 6.29. The molecule has 3 N–H and O–H groups in total. The third-order valence-corrected chi connectivity index (χ3v) is 6.29. The minimum atomic E-state index is -0.533. The molecule has 7 nitrogen and oxygen atoms in total. The molecule has 1 saturated carbocycles. The highest BCUT2D eigenvalue weighted by atomic mass is 16.5. The van der Waals surface area contributed by atoms with Crippen LogP contribution in [0.5, 0.6) is 0 Å². The number of aliphatic hydroxyl groups is 1. The minimum Gasteiger partial charge on any atom is -0.390 e. The number of nitrogens with one attached hydrogen (secondary N) is 2. The van der Waals surface area contributed by atoms with Gasteiger partial charge >= 0.3 is 0 Å². The van der Waals surface area contributed by atoms with Crippen LogP contribution >= 0.6 is 0 Å². The van der Waals surface area contributed by atoms with Crippen LogP contribution in [-0.2, 0) is 4.74 Å². The second kappa shape index (κ2) is 7.89. The molecule has 0 bridgehead atoms. The molecule has 30 heavy (non-hydrogen) atoms. The Labute approximate surface area is 176 Å². The van der Waals surface area contributed by atoms with Gasteiger partial charge in [0.05, 0.1) is 30.0 Å². The van der Waals surface area contributed by atoms with Gasteiger partial charge in [-0.05, 0) is 51.2 Å². The molecule has 3 heterocycles. The zero-order valence-corrected chi connectivity index (χ0v) is 17.3. The average Bonchev–Trinajstić information content (AvgIpc) is 3.37. The number of para-hydroxylation sites is 1. The van der Waals surface area contributed by atoms with Crippen molar-refractivity contribution in [3.05, 3.63) is 42.6 Å². The maximum atomic E-state index is 10.2.